The molecule has 1 atom stereocenters. The molecule has 2 N–H and O–H groups in total. The summed E-state index contributed by atoms with van der Waals surface area (Å²) in [5.74, 6) is 1.38. The summed E-state index contributed by atoms with van der Waals surface area (Å²) in [7, 11) is 0. The van der Waals surface area contributed by atoms with Crippen LogP contribution in [0.25, 0.3) is 0 Å². The minimum atomic E-state index is 0.261. The highest BCUT2D eigenvalue weighted by molar-refractivity contribution is 4.85. The monoisotopic (exact) mass is 225 g/mol. The fourth-order valence-electron chi connectivity index (χ4n) is 1.89. The highest BCUT2D eigenvalue weighted by atomic mass is 16.5. The third kappa shape index (κ3) is 3.28. The molecule has 1 aliphatic heterocycles. The van der Waals surface area contributed by atoms with Crippen LogP contribution in [0, 0.1) is 0 Å². The van der Waals surface area contributed by atoms with Crippen LogP contribution < -0.4 is 5.73 Å². The first-order chi connectivity index (χ1) is 7.88. The van der Waals surface area contributed by atoms with Gasteiger partial charge in [0.1, 0.15) is 0 Å². The molecule has 0 amide bonds. The van der Waals surface area contributed by atoms with Gasteiger partial charge in [0.15, 0.2) is 0 Å². The summed E-state index contributed by atoms with van der Waals surface area (Å²) < 4.78 is 11.2. The van der Waals surface area contributed by atoms with Crippen LogP contribution in [0.1, 0.15) is 37.5 Å². The molecule has 16 heavy (non-hydrogen) atoms. The van der Waals surface area contributed by atoms with Gasteiger partial charge >= 0.3 is 0 Å². The fraction of sp³-hybridized carbons (Fsp3) is 0.818. The summed E-state index contributed by atoms with van der Waals surface area (Å²) in [6.07, 6.45) is 6.17. The Labute approximate surface area is 95.4 Å². The first-order valence-electron chi connectivity index (χ1n) is 6.01. The highest BCUT2D eigenvalue weighted by Gasteiger charge is 2.17. The third-order valence-corrected chi connectivity index (χ3v) is 2.78. The second kappa shape index (κ2) is 5.96. The summed E-state index contributed by atoms with van der Waals surface area (Å²) in [6, 6.07) is 0. The van der Waals surface area contributed by atoms with E-state index in [-0.39, 0.29) is 6.10 Å². The second-order valence-corrected chi connectivity index (χ2v) is 4.17. The Morgan fingerprint density at radius 1 is 1.25 bits per heavy atom. The van der Waals surface area contributed by atoms with Crippen LogP contribution in [0.5, 0.6) is 0 Å². The highest BCUT2D eigenvalue weighted by Crippen LogP contribution is 2.16. The van der Waals surface area contributed by atoms with Crippen LogP contribution in [0.3, 0.4) is 0 Å². The van der Waals surface area contributed by atoms with Crippen LogP contribution in [0.15, 0.2) is 4.42 Å². The Balaban J connectivity index is 1.81. The maximum Gasteiger partial charge on any atom is 0.219 e. The molecule has 1 aliphatic rings. The molecule has 1 aromatic heterocycles. The Kier molecular flexibility index (Phi) is 4.30. The van der Waals surface area contributed by atoms with Gasteiger partial charge in [-0.15, -0.1) is 10.2 Å². The molecular formula is C11H19N3O2. The largest absolute Gasteiger partial charge is 0.425 e. The molecule has 0 aliphatic carbocycles. The lowest BCUT2D eigenvalue weighted by Gasteiger charge is -2.20. The SMILES string of the molecule is NCCCc1nnc(CC2CCCCO2)o1. The predicted octanol–water partition coefficient (Wildman–Crippen LogP) is 1.07. The van der Waals surface area contributed by atoms with E-state index in [1.54, 1.807) is 0 Å². The quantitative estimate of drug-likeness (QED) is 0.811. The van der Waals surface area contributed by atoms with Gasteiger partial charge < -0.3 is 14.9 Å². The van der Waals surface area contributed by atoms with Gasteiger partial charge in [-0.3, -0.25) is 0 Å². The zero-order valence-corrected chi connectivity index (χ0v) is 9.52. The molecule has 90 valence electrons. The molecule has 1 fully saturated rings. The first-order valence-corrected chi connectivity index (χ1v) is 6.01. The first kappa shape index (κ1) is 11.5. The average Bonchev–Trinajstić information content (AvgIpc) is 2.75. The van der Waals surface area contributed by atoms with Gasteiger partial charge in [-0.05, 0) is 32.2 Å². The van der Waals surface area contributed by atoms with Crippen molar-refractivity contribution in [2.75, 3.05) is 13.2 Å². The number of hydrogen-bond acceptors (Lipinski definition) is 5. The Bertz CT molecular complexity index is 308. The number of nitrogens with two attached hydrogens (primary N) is 1. The van der Waals surface area contributed by atoms with Crippen molar-refractivity contribution < 1.29 is 9.15 Å². The second-order valence-electron chi connectivity index (χ2n) is 4.17. The molecule has 1 saturated heterocycles. The van der Waals surface area contributed by atoms with Gasteiger partial charge in [0.25, 0.3) is 0 Å². The number of hydrogen-bond donors (Lipinski definition) is 1. The van der Waals surface area contributed by atoms with Gasteiger partial charge in [-0.1, -0.05) is 0 Å². The van der Waals surface area contributed by atoms with E-state index in [1.165, 1.54) is 12.8 Å². The van der Waals surface area contributed by atoms with Crippen molar-refractivity contribution in [3.8, 4) is 0 Å². The van der Waals surface area contributed by atoms with E-state index in [9.17, 15) is 0 Å². The average molecular weight is 225 g/mol. The van der Waals surface area contributed by atoms with Crippen LogP contribution >= 0.6 is 0 Å². The van der Waals surface area contributed by atoms with Gasteiger partial charge in [0.05, 0.1) is 12.5 Å². The lowest BCUT2D eigenvalue weighted by molar-refractivity contribution is 0.0130. The molecule has 0 aromatic carbocycles. The van der Waals surface area contributed by atoms with Gasteiger partial charge in [-0.2, -0.15) is 0 Å². The summed E-state index contributed by atoms with van der Waals surface area (Å²) in [5, 5.41) is 8.02. The zero-order chi connectivity index (χ0) is 11.2. The Morgan fingerprint density at radius 3 is 2.88 bits per heavy atom. The van der Waals surface area contributed by atoms with Crippen molar-refractivity contribution in [3.63, 3.8) is 0 Å². The van der Waals surface area contributed by atoms with Crippen molar-refractivity contribution in [1.82, 2.24) is 10.2 Å². The van der Waals surface area contributed by atoms with Crippen LogP contribution in [0.4, 0.5) is 0 Å². The minimum absolute atomic E-state index is 0.261. The molecule has 5 nitrogen and oxygen atoms in total. The molecule has 0 radical (unpaired) electrons. The maximum absolute atomic E-state index is 5.62. The topological polar surface area (TPSA) is 74.2 Å². The van der Waals surface area contributed by atoms with E-state index < -0.39 is 0 Å². The van der Waals surface area contributed by atoms with Crippen molar-refractivity contribution in [2.24, 2.45) is 5.73 Å². The molecule has 2 rings (SSSR count). The summed E-state index contributed by atoms with van der Waals surface area (Å²) in [5.41, 5.74) is 5.42. The van der Waals surface area contributed by atoms with Crippen molar-refractivity contribution >= 4 is 0 Å². The van der Waals surface area contributed by atoms with E-state index in [1.807, 2.05) is 0 Å². The van der Waals surface area contributed by atoms with E-state index in [0.29, 0.717) is 18.3 Å². The van der Waals surface area contributed by atoms with Gasteiger partial charge in [0.2, 0.25) is 11.8 Å². The Morgan fingerprint density at radius 2 is 2.12 bits per heavy atom. The number of aromatic nitrogens is 2. The lowest BCUT2D eigenvalue weighted by Crippen LogP contribution is -2.21. The predicted molar refractivity (Wildman–Crippen MR) is 59.0 cm³/mol. The molecular weight excluding hydrogens is 206 g/mol. The summed E-state index contributed by atoms with van der Waals surface area (Å²) in [4.78, 5) is 0. The molecule has 0 saturated carbocycles. The molecule has 0 bridgehead atoms. The normalized spacial score (nSPS) is 21.2. The van der Waals surface area contributed by atoms with E-state index in [4.69, 9.17) is 14.9 Å². The zero-order valence-electron chi connectivity index (χ0n) is 9.52. The van der Waals surface area contributed by atoms with Gasteiger partial charge in [-0.25, -0.2) is 0 Å². The van der Waals surface area contributed by atoms with E-state index in [0.717, 1.165) is 32.3 Å². The molecule has 1 aromatic rings. The number of aryl methyl sites for hydroxylation is 1. The lowest BCUT2D eigenvalue weighted by atomic mass is 10.1. The van der Waals surface area contributed by atoms with Crippen molar-refractivity contribution in [3.05, 3.63) is 11.8 Å². The number of nitrogens with zero attached hydrogens (tertiary/aromatic N) is 2. The molecule has 1 unspecified atom stereocenters. The van der Waals surface area contributed by atoms with Gasteiger partial charge in [0, 0.05) is 13.0 Å². The van der Waals surface area contributed by atoms with Crippen LogP contribution in [0.2, 0.25) is 0 Å². The molecule has 2 heterocycles. The maximum atomic E-state index is 5.62. The van der Waals surface area contributed by atoms with Crippen LogP contribution in [-0.2, 0) is 17.6 Å². The Hall–Kier alpha value is -0.940. The number of ether oxygens (including phenoxy) is 1. The summed E-state index contributed by atoms with van der Waals surface area (Å²) >= 11 is 0. The molecule has 5 heteroatoms. The third-order valence-electron chi connectivity index (χ3n) is 2.78. The van der Waals surface area contributed by atoms with Crippen molar-refractivity contribution in [2.45, 2.75) is 44.6 Å². The van der Waals surface area contributed by atoms with Crippen LogP contribution in [-0.4, -0.2) is 29.5 Å². The minimum Gasteiger partial charge on any atom is -0.425 e. The summed E-state index contributed by atoms with van der Waals surface area (Å²) in [6.45, 7) is 1.52. The molecule has 0 spiro atoms. The van der Waals surface area contributed by atoms with Crippen molar-refractivity contribution in [1.29, 1.82) is 0 Å². The smallest absolute Gasteiger partial charge is 0.219 e. The fourth-order valence-corrected chi connectivity index (χ4v) is 1.89. The standard InChI is InChI=1S/C11H19N3O2/c12-6-3-5-10-13-14-11(16-10)8-9-4-1-2-7-15-9/h9H,1-8,12H2. The van der Waals surface area contributed by atoms with E-state index >= 15 is 0 Å². The number of rotatable bonds is 5. The van der Waals surface area contributed by atoms with E-state index in [2.05, 4.69) is 10.2 Å².